The first kappa shape index (κ1) is 18.8. The summed E-state index contributed by atoms with van der Waals surface area (Å²) in [6.07, 6.45) is 0. The molecule has 1 saturated heterocycles. The molecule has 0 aromatic heterocycles. The Morgan fingerprint density at radius 1 is 1.04 bits per heavy atom. The molecule has 1 aliphatic heterocycles. The van der Waals surface area contributed by atoms with Gasteiger partial charge in [0.05, 0.1) is 0 Å². The zero-order chi connectivity index (χ0) is 16.4. The van der Waals surface area contributed by atoms with Crippen molar-refractivity contribution in [1.29, 1.82) is 0 Å². The molecule has 24 heavy (non-hydrogen) atoms. The minimum atomic E-state index is -0.482. The van der Waals surface area contributed by atoms with Crippen LogP contribution in [0.2, 0.25) is 0 Å². The molecule has 2 aromatic carbocycles. The molecule has 130 valence electrons. The molecule has 1 aliphatic rings. The van der Waals surface area contributed by atoms with E-state index in [0.717, 1.165) is 13.1 Å². The fraction of sp³-hybridized carbons (Fsp3) is 0.368. The number of nitrogens with two attached hydrogens (primary N) is 1. The predicted molar refractivity (Wildman–Crippen MR) is 95.3 cm³/mol. The van der Waals surface area contributed by atoms with Gasteiger partial charge in [0.2, 0.25) is 0 Å². The van der Waals surface area contributed by atoms with E-state index in [-0.39, 0.29) is 24.0 Å². The zero-order valence-corrected chi connectivity index (χ0v) is 14.5. The maximum absolute atomic E-state index is 14.1. The van der Waals surface area contributed by atoms with Crippen molar-refractivity contribution in [2.75, 3.05) is 19.6 Å². The summed E-state index contributed by atoms with van der Waals surface area (Å²) in [6.45, 7) is 3.96. The van der Waals surface area contributed by atoms with Crippen molar-refractivity contribution in [3.05, 3.63) is 71.3 Å². The molecule has 2 nitrogen and oxygen atoms in total. The van der Waals surface area contributed by atoms with Crippen LogP contribution in [0.3, 0.4) is 0 Å². The molecule has 3 rings (SSSR count). The number of hydrogen-bond donors (Lipinski definition) is 1. The van der Waals surface area contributed by atoms with E-state index in [1.807, 2.05) is 25.1 Å². The lowest BCUT2D eigenvalue weighted by Gasteiger charge is -2.25. The Labute approximate surface area is 148 Å². The van der Waals surface area contributed by atoms with Crippen LogP contribution >= 0.6 is 12.4 Å². The molecule has 2 N–H and O–H groups in total. The van der Waals surface area contributed by atoms with Crippen molar-refractivity contribution in [2.24, 2.45) is 11.7 Å². The van der Waals surface area contributed by atoms with Crippen LogP contribution in [0.25, 0.3) is 0 Å². The Morgan fingerprint density at radius 2 is 1.67 bits per heavy atom. The summed E-state index contributed by atoms with van der Waals surface area (Å²) in [5, 5.41) is 0. The second-order valence-electron chi connectivity index (χ2n) is 6.28. The van der Waals surface area contributed by atoms with Crippen LogP contribution in [0.4, 0.5) is 8.78 Å². The number of likely N-dealkylation sites (tertiary alicyclic amines) is 1. The molecular weight excluding hydrogens is 330 g/mol. The summed E-state index contributed by atoms with van der Waals surface area (Å²) >= 11 is 0. The van der Waals surface area contributed by atoms with E-state index < -0.39 is 11.6 Å². The van der Waals surface area contributed by atoms with E-state index in [1.54, 1.807) is 0 Å². The quantitative estimate of drug-likeness (QED) is 0.896. The third-order valence-corrected chi connectivity index (χ3v) is 4.96. The minimum Gasteiger partial charge on any atom is -0.330 e. The van der Waals surface area contributed by atoms with E-state index in [4.69, 9.17) is 5.73 Å². The Kier molecular flexibility index (Phi) is 6.33. The first-order chi connectivity index (χ1) is 11.1. The number of benzene rings is 2. The normalized spacial score (nSPS) is 22.2. The molecule has 0 spiro atoms. The molecule has 5 heteroatoms. The smallest absolute Gasteiger partial charge is 0.130 e. The first-order valence-electron chi connectivity index (χ1n) is 8.04. The maximum atomic E-state index is 14.1. The summed E-state index contributed by atoms with van der Waals surface area (Å²) in [7, 11) is 0. The van der Waals surface area contributed by atoms with Gasteiger partial charge in [-0.3, -0.25) is 4.90 Å². The van der Waals surface area contributed by atoms with Crippen molar-refractivity contribution in [3.8, 4) is 0 Å². The van der Waals surface area contributed by atoms with Crippen molar-refractivity contribution in [3.63, 3.8) is 0 Å². The summed E-state index contributed by atoms with van der Waals surface area (Å²) < 4.78 is 28.1. The van der Waals surface area contributed by atoms with Crippen LogP contribution in [-0.4, -0.2) is 24.5 Å². The van der Waals surface area contributed by atoms with Crippen LogP contribution < -0.4 is 5.73 Å². The predicted octanol–water partition coefficient (Wildman–Crippen LogP) is 4.12. The summed E-state index contributed by atoms with van der Waals surface area (Å²) in [5.74, 6) is -0.358. The lowest BCUT2D eigenvalue weighted by molar-refractivity contribution is 0.241. The third kappa shape index (κ3) is 3.61. The van der Waals surface area contributed by atoms with Gasteiger partial charge in [0.1, 0.15) is 11.6 Å². The van der Waals surface area contributed by atoms with Gasteiger partial charge in [-0.05, 0) is 37.1 Å². The Hall–Kier alpha value is -1.49. The number of rotatable bonds is 4. The average molecular weight is 353 g/mol. The van der Waals surface area contributed by atoms with E-state index in [9.17, 15) is 8.78 Å². The van der Waals surface area contributed by atoms with Gasteiger partial charge in [-0.15, -0.1) is 12.4 Å². The Bertz CT molecular complexity index is 645. The van der Waals surface area contributed by atoms with Gasteiger partial charge in [-0.1, -0.05) is 36.4 Å². The van der Waals surface area contributed by atoms with Crippen LogP contribution in [-0.2, 0) is 0 Å². The molecule has 0 amide bonds. The monoisotopic (exact) mass is 352 g/mol. The fourth-order valence-corrected chi connectivity index (χ4v) is 3.63. The van der Waals surface area contributed by atoms with Crippen molar-refractivity contribution in [1.82, 2.24) is 4.90 Å². The largest absolute Gasteiger partial charge is 0.330 e. The van der Waals surface area contributed by atoms with Gasteiger partial charge >= 0.3 is 0 Å². The van der Waals surface area contributed by atoms with Gasteiger partial charge in [-0.25, -0.2) is 8.78 Å². The number of nitrogens with zero attached hydrogens (tertiary/aromatic N) is 1. The van der Waals surface area contributed by atoms with Gasteiger partial charge < -0.3 is 5.73 Å². The minimum absolute atomic E-state index is 0. The van der Waals surface area contributed by atoms with Crippen molar-refractivity contribution < 1.29 is 8.78 Å². The summed E-state index contributed by atoms with van der Waals surface area (Å²) in [6, 6.07) is 14.0. The van der Waals surface area contributed by atoms with Crippen LogP contribution in [0.15, 0.2) is 48.5 Å². The topological polar surface area (TPSA) is 29.3 Å². The number of halogens is 3. The highest BCUT2D eigenvalue weighted by atomic mass is 35.5. The molecule has 0 saturated carbocycles. The van der Waals surface area contributed by atoms with E-state index in [0.29, 0.717) is 18.4 Å². The highest BCUT2D eigenvalue weighted by Crippen LogP contribution is 2.37. The van der Waals surface area contributed by atoms with Crippen LogP contribution in [0.1, 0.15) is 30.0 Å². The van der Waals surface area contributed by atoms with Crippen LogP contribution in [0.5, 0.6) is 0 Å². The van der Waals surface area contributed by atoms with Gasteiger partial charge in [0.25, 0.3) is 0 Å². The standard InChI is InChI=1S/C19H22F2N2.ClH/c1-13(19-17(20)8-5-9-18(19)21)23-11-15(10-22)16(12-23)14-6-3-2-4-7-14;/h2-9,13,15-16H,10-12,22H2,1H3;1H/t13?,15-,16+;/m1./s1. The highest BCUT2D eigenvalue weighted by molar-refractivity contribution is 5.85. The second-order valence-corrected chi connectivity index (χ2v) is 6.28. The second kappa shape index (κ2) is 8.06. The molecule has 1 fully saturated rings. The average Bonchev–Trinajstić information content (AvgIpc) is 3.00. The number of hydrogen-bond acceptors (Lipinski definition) is 2. The van der Waals surface area contributed by atoms with Gasteiger partial charge in [0.15, 0.2) is 0 Å². The molecule has 0 radical (unpaired) electrons. The molecule has 0 aliphatic carbocycles. The lowest BCUT2D eigenvalue weighted by Crippen LogP contribution is -2.27. The third-order valence-electron chi connectivity index (χ3n) is 4.96. The SMILES string of the molecule is CC(c1c(F)cccc1F)N1C[C@@H](CN)[C@H](c2ccccc2)C1.Cl. The van der Waals surface area contributed by atoms with Crippen LogP contribution in [0, 0.1) is 17.6 Å². The van der Waals surface area contributed by atoms with E-state index in [1.165, 1.54) is 23.8 Å². The van der Waals surface area contributed by atoms with E-state index >= 15 is 0 Å². The van der Waals surface area contributed by atoms with Crippen molar-refractivity contribution in [2.45, 2.75) is 18.9 Å². The van der Waals surface area contributed by atoms with Gasteiger partial charge in [-0.2, -0.15) is 0 Å². The maximum Gasteiger partial charge on any atom is 0.130 e. The Balaban J connectivity index is 0.00000208. The van der Waals surface area contributed by atoms with E-state index in [2.05, 4.69) is 17.0 Å². The molecule has 1 heterocycles. The van der Waals surface area contributed by atoms with Gasteiger partial charge in [0, 0.05) is 30.6 Å². The van der Waals surface area contributed by atoms with Crippen molar-refractivity contribution >= 4 is 12.4 Å². The Morgan fingerprint density at radius 3 is 2.25 bits per heavy atom. The molecule has 0 bridgehead atoms. The molecule has 3 atom stereocenters. The molecular formula is C19H23ClF2N2. The molecule has 2 aromatic rings. The zero-order valence-electron chi connectivity index (χ0n) is 13.7. The first-order valence-corrected chi connectivity index (χ1v) is 8.04. The highest BCUT2D eigenvalue weighted by Gasteiger charge is 2.36. The summed E-state index contributed by atoms with van der Waals surface area (Å²) in [5.41, 5.74) is 7.34. The summed E-state index contributed by atoms with van der Waals surface area (Å²) in [4.78, 5) is 2.14. The molecule has 1 unspecified atom stereocenters. The lowest BCUT2D eigenvalue weighted by atomic mass is 9.89. The fourth-order valence-electron chi connectivity index (χ4n) is 3.63.